The number of aliphatic hydroxyl groups excluding tert-OH is 2. The fraction of sp³-hybridized carbons (Fsp3) is 0.0488. The van der Waals surface area contributed by atoms with Crippen LogP contribution < -0.4 is 43.4 Å². The third kappa shape index (κ3) is 14.9. The normalized spacial score (nSPS) is 12.1. The van der Waals surface area contributed by atoms with Crippen LogP contribution in [0.4, 0.5) is 79.6 Å². The summed E-state index contributed by atoms with van der Waals surface area (Å²) in [5.74, 6) is -3.14. The lowest BCUT2D eigenvalue weighted by molar-refractivity contribution is -0.118. The molecule has 22 heteroatoms. The maximum absolute atomic E-state index is 10.4. The summed E-state index contributed by atoms with van der Waals surface area (Å²) in [6.07, 6.45) is 1.36. The van der Waals surface area contributed by atoms with Crippen molar-refractivity contribution in [3.05, 3.63) is 266 Å². The number of para-hydroxylation sites is 16. The van der Waals surface area contributed by atoms with Crippen LogP contribution in [0, 0.1) is 0 Å². The first kappa shape index (κ1) is 68.0. The molecule has 4 aromatic heterocycles. The van der Waals surface area contributed by atoms with Gasteiger partial charge in [0.2, 0.25) is 11.6 Å². The highest BCUT2D eigenvalue weighted by atomic mass is 16.3. The zero-order chi connectivity index (χ0) is 72.4. The summed E-state index contributed by atoms with van der Waals surface area (Å²) < 4.78 is 0. The first-order valence-electron chi connectivity index (χ1n) is 33.4. The number of aliphatic hydroxyl groups is 2. The quantitative estimate of drug-likeness (QED) is 0.0290. The molecule has 20 rings (SSSR count). The molecule has 0 atom stereocenters. The van der Waals surface area contributed by atoms with Crippen LogP contribution in [0.5, 0.6) is 11.5 Å². The van der Waals surface area contributed by atoms with E-state index in [1.165, 1.54) is 12.1 Å². The van der Waals surface area contributed by atoms with Crippen molar-refractivity contribution in [3.8, 4) is 11.5 Å². The third-order valence-electron chi connectivity index (χ3n) is 16.3. The number of rotatable bonds is 0. The average Bonchev–Trinajstić information content (AvgIpc) is 0.774. The summed E-state index contributed by atoms with van der Waals surface area (Å²) in [6, 6.07) is 78.1. The molecule has 16 aromatic rings. The van der Waals surface area contributed by atoms with Gasteiger partial charge in [0.1, 0.15) is 0 Å². The van der Waals surface area contributed by atoms with Crippen molar-refractivity contribution in [3.63, 3.8) is 0 Å². The van der Waals surface area contributed by atoms with Gasteiger partial charge >= 0.3 is 0 Å². The van der Waals surface area contributed by atoms with Gasteiger partial charge in [-0.15, -0.1) is 0 Å². The number of fused-ring (bicyclic) bond motifs is 14. The van der Waals surface area contributed by atoms with Crippen LogP contribution in [0.1, 0.15) is 27.7 Å². The van der Waals surface area contributed by atoms with Crippen molar-refractivity contribution < 1.29 is 30.0 Å². The average molecular weight is 1370 g/mol. The number of aromatic hydroxyl groups is 2. The number of ketones is 2. The van der Waals surface area contributed by atoms with Gasteiger partial charge in [0.25, 0.3) is 0 Å². The fourth-order valence-electron chi connectivity index (χ4n) is 11.3. The number of nitrogens with zero attached hydrogens (tertiary/aromatic N) is 8. The molecule has 0 bridgehead atoms. The molecule has 1 aliphatic carbocycles. The number of hydrogen-bond donors (Lipinski definition) is 12. The number of phenolic OH excluding ortho intramolecular Hbond substituents is 2. The fourth-order valence-corrected chi connectivity index (χ4v) is 11.3. The van der Waals surface area contributed by atoms with E-state index in [1.807, 2.05) is 210 Å². The Hall–Kier alpha value is -14.5. The Kier molecular flexibility index (Phi) is 19.8. The number of allylic oxidation sites excluding steroid dienone is 2. The van der Waals surface area contributed by atoms with Gasteiger partial charge in [-0.3, -0.25) is 9.59 Å². The molecule has 0 radical (unpaired) electrons. The van der Waals surface area contributed by atoms with Crippen LogP contribution >= 0.6 is 0 Å². The highest BCUT2D eigenvalue weighted by Gasteiger charge is 2.21. The van der Waals surface area contributed by atoms with Gasteiger partial charge in [0.15, 0.2) is 23.0 Å². The Bertz CT molecular complexity index is 5290. The minimum absolute atomic E-state index is 0.183. The van der Waals surface area contributed by atoms with Gasteiger partial charge in [-0.1, -0.05) is 125 Å². The van der Waals surface area contributed by atoms with E-state index >= 15 is 0 Å². The number of hydrogen-bond acceptors (Lipinski definition) is 22. The van der Waals surface area contributed by atoms with Crippen LogP contribution in [-0.2, 0) is 9.59 Å². The van der Waals surface area contributed by atoms with E-state index in [0.717, 1.165) is 145 Å². The highest BCUT2D eigenvalue weighted by Crippen LogP contribution is 2.43. The Balaban J connectivity index is 0.000000113. The van der Waals surface area contributed by atoms with Crippen LogP contribution in [0.25, 0.3) is 88.3 Å². The van der Waals surface area contributed by atoms with Crippen LogP contribution in [0.3, 0.4) is 0 Å². The molecule has 0 saturated carbocycles. The molecule has 14 N–H and O–H groups in total. The Morgan fingerprint density at radius 2 is 0.394 bits per heavy atom. The van der Waals surface area contributed by atoms with Gasteiger partial charge in [-0.05, 0) is 133 Å². The first-order valence-corrected chi connectivity index (χ1v) is 33.4. The predicted octanol–water partition coefficient (Wildman–Crippen LogP) is 18.9. The molecule has 0 spiro atoms. The molecule has 0 unspecified atom stereocenters. The second kappa shape index (κ2) is 30.3. The molecule has 104 heavy (non-hydrogen) atoms. The third-order valence-corrected chi connectivity index (χ3v) is 16.3. The van der Waals surface area contributed by atoms with E-state index in [1.54, 1.807) is 12.1 Å². The molecule has 7 heterocycles. The molecular formula is C82H68N16O6. The summed E-state index contributed by atoms with van der Waals surface area (Å²) in [4.78, 5) is 57.8. The molecule has 0 amide bonds. The highest BCUT2D eigenvalue weighted by molar-refractivity contribution is 6.17. The zero-order valence-electron chi connectivity index (χ0n) is 56.6. The standard InChI is InChI=1S/3C18H12N4.C12H8N2O2.C6H8N2.C6H4O4.2C2H6/c3*1-2-6-12-11(5-1)19-15-9-17-18(10-16(15)20-12)22-14-8-4-3-7-13(14)21-17;15-11-5-9-10(6-12(11)16)14-8-4-2-1-3-7(8)13-9;7-5-3-1-2-4-6(5)8;7-3-1-4(8)6(10)2-5(3)9;2*1-2/h3*1-10,19-20H;1-6,15-16H;1-4H,7-8H2;1-2,7,10H;2*1-2H3. The zero-order valence-corrected chi connectivity index (χ0v) is 56.6. The van der Waals surface area contributed by atoms with Crippen molar-refractivity contribution in [2.24, 2.45) is 0 Å². The van der Waals surface area contributed by atoms with Crippen molar-refractivity contribution in [2.45, 2.75) is 27.7 Å². The first-order chi connectivity index (χ1) is 50.7. The molecular weight excluding hydrogens is 1310 g/mol. The summed E-state index contributed by atoms with van der Waals surface area (Å²) in [5, 5.41) is 56.6. The van der Waals surface area contributed by atoms with Crippen LogP contribution in [0.2, 0.25) is 0 Å². The Morgan fingerprint density at radius 3 is 0.577 bits per heavy atom. The smallest absolute Gasteiger partial charge is 0.224 e. The number of aromatic nitrogens is 8. The van der Waals surface area contributed by atoms with Crippen molar-refractivity contribution >= 4 is 179 Å². The maximum Gasteiger partial charge on any atom is 0.224 e. The summed E-state index contributed by atoms with van der Waals surface area (Å²) >= 11 is 0. The monoisotopic (exact) mass is 1370 g/mol. The van der Waals surface area contributed by atoms with Gasteiger partial charge in [-0.2, -0.15) is 0 Å². The molecule has 512 valence electrons. The number of carbonyl (C=O) groups excluding carboxylic acids is 2. The SMILES string of the molecule is CC.CC.Nc1ccccc1N.O=C1C=C(O)C(=O)C=C1O.Oc1cc2nc3ccccc3nc2cc1O.c1ccc2c(c1)Nc1cc3nc4ccccc4nc3cc1N2.c1ccc2c(c1)Nc1cc3nc4ccccc4nc3cc1N2.c1ccc2c(c1)Nc1cc3nc4ccccc4nc3cc1N2. The summed E-state index contributed by atoms with van der Waals surface area (Å²) in [5.41, 5.74) is 38.2. The van der Waals surface area contributed by atoms with Gasteiger partial charge in [0.05, 0.1) is 168 Å². The lowest BCUT2D eigenvalue weighted by atomic mass is 10.1. The van der Waals surface area contributed by atoms with Gasteiger partial charge in [0, 0.05) is 24.3 Å². The van der Waals surface area contributed by atoms with Crippen molar-refractivity contribution in [1.29, 1.82) is 0 Å². The lowest BCUT2D eigenvalue weighted by Crippen LogP contribution is -2.12. The topological polar surface area (TPSA) is 342 Å². The van der Waals surface area contributed by atoms with Crippen LogP contribution in [-0.4, -0.2) is 71.9 Å². The van der Waals surface area contributed by atoms with E-state index in [9.17, 15) is 19.8 Å². The number of carbonyl (C=O) groups is 2. The Morgan fingerprint density at radius 1 is 0.231 bits per heavy atom. The summed E-state index contributed by atoms with van der Waals surface area (Å²) in [7, 11) is 0. The molecule has 0 fully saturated rings. The lowest BCUT2D eigenvalue weighted by Gasteiger charge is -2.23. The minimum Gasteiger partial charge on any atom is -0.504 e. The van der Waals surface area contributed by atoms with Crippen molar-refractivity contribution in [2.75, 3.05) is 43.4 Å². The number of phenols is 2. The van der Waals surface area contributed by atoms with E-state index in [-0.39, 0.29) is 11.5 Å². The summed E-state index contributed by atoms with van der Waals surface area (Å²) in [6.45, 7) is 8.00. The molecule has 0 saturated heterocycles. The van der Waals surface area contributed by atoms with Gasteiger partial charge < -0.3 is 63.8 Å². The van der Waals surface area contributed by atoms with E-state index in [4.69, 9.17) is 51.6 Å². The second-order valence-corrected chi connectivity index (χ2v) is 23.1. The molecule has 12 aromatic carbocycles. The van der Waals surface area contributed by atoms with Gasteiger partial charge in [-0.25, -0.2) is 39.9 Å². The second-order valence-electron chi connectivity index (χ2n) is 23.1. The van der Waals surface area contributed by atoms with E-state index in [2.05, 4.69) is 78.3 Å². The minimum atomic E-state index is -0.753. The number of nitrogen functional groups attached to an aromatic ring is 2. The molecule has 22 nitrogen and oxygen atoms in total. The number of anilines is 14. The largest absolute Gasteiger partial charge is 0.504 e. The Labute approximate surface area is 595 Å². The molecule has 4 aliphatic rings. The number of nitrogens with two attached hydrogens (primary N) is 2. The van der Waals surface area contributed by atoms with E-state index in [0.29, 0.717) is 34.6 Å². The number of benzene rings is 12. The van der Waals surface area contributed by atoms with Crippen molar-refractivity contribution in [1.82, 2.24) is 39.9 Å². The predicted molar refractivity (Wildman–Crippen MR) is 420 cm³/mol. The van der Waals surface area contributed by atoms with E-state index < -0.39 is 23.1 Å². The molecule has 3 aliphatic heterocycles. The van der Waals surface area contributed by atoms with Crippen LogP contribution in [0.15, 0.2) is 266 Å². The number of nitrogens with one attached hydrogen (secondary N) is 6. The maximum atomic E-state index is 10.4.